The lowest BCUT2D eigenvalue weighted by molar-refractivity contribution is -0.128. The fraction of sp³-hybridized carbons (Fsp3) is 0.778. The molecule has 0 unspecified atom stereocenters. The van der Waals surface area contributed by atoms with E-state index in [0.717, 1.165) is 0 Å². The molecule has 0 aromatic carbocycles. The summed E-state index contributed by atoms with van der Waals surface area (Å²) < 4.78 is 7.72. The van der Waals surface area contributed by atoms with Crippen LogP contribution in [0.4, 0.5) is 0 Å². The van der Waals surface area contributed by atoms with E-state index in [4.69, 9.17) is 1.37 Å². The van der Waals surface area contributed by atoms with Crippen LogP contribution in [0.5, 0.6) is 0 Å². The topological polar surface area (TPSA) is 34.1 Å². The van der Waals surface area contributed by atoms with Crippen LogP contribution in [0.3, 0.4) is 0 Å². The van der Waals surface area contributed by atoms with Gasteiger partial charge in [0.15, 0.2) is 0 Å². The number of ketones is 2. The maximum Gasteiger partial charge on any atom is 0.143 e. The number of Topliss-reactive ketones (excluding diaryl/α,β-unsaturated/α-hetero) is 2. The number of hydrogen-bond acceptors (Lipinski definition) is 2. The molecule has 0 aromatic heterocycles. The minimum Gasteiger partial charge on any atom is -0.300 e. The first-order valence-corrected chi connectivity index (χ1v) is 3.99. The van der Waals surface area contributed by atoms with Crippen molar-refractivity contribution in [2.24, 2.45) is 5.89 Å². The molecule has 11 heavy (non-hydrogen) atoms. The lowest BCUT2D eigenvalue weighted by Gasteiger charge is -2.08. The van der Waals surface area contributed by atoms with Gasteiger partial charge in [-0.3, -0.25) is 9.59 Å². The Bertz CT molecular complexity index is 183. The Morgan fingerprint density at radius 2 is 1.82 bits per heavy atom. The monoisotopic (exact) mass is 157 g/mol. The van der Waals surface area contributed by atoms with Crippen LogP contribution in [-0.4, -0.2) is 11.6 Å². The SMILES string of the molecule is [2H]C(CC)(CC)C(=O)CC(C)=O. The van der Waals surface area contributed by atoms with Crippen LogP contribution < -0.4 is 0 Å². The summed E-state index contributed by atoms with van der Waals surface area (Å²) in [5, 5.41) is 0. The Balaban J connectivity index is 4.32. The zero-order chi connectivity index (χ0) is 9.78. The van der Waals surface area contributed by atoms with Crippen molar-refractivity contribution in [1.29, 1.82) is 0 Å². The van der Waals surface area contributed by atoms with Crippen molar-refractivity contribution in [3.8, 4) is 0 Å². The summed E-state index contributed by atoms with van der Waals surface area (Å²) in [4.78, 5) is 22.0. The molecule has 0 amide bonds. The second-order valence-corrected chi connectivity index (χ2v) is 2.61. The van der Waals surface area contributed by atoms with Gasteiger partial charge in [-0.15, -0.1) is 0 Å². The summed E-state index contributed by atoms with van der Waals surface area (Å²) in [6.45, 7) is 4.98. The molecule has 0 atom stereocenters. The summed E-state index contributed by atoms with van der Waals surface area (Å²) in [6, 6.07) is 0. The number of rotatable bonds is 5. The fourth-order valence-electron chi connectivity index (χ4n) is 0.995. The molecule has 0 aliphatic rings. The largest absolute Gasteiger partial charge is 0.300 e. The van der Waals surface area contributed by atoms with Gasteiger partial charge in [0.1, 0.15) is 11.6 Å². The minimum atomic E-state index is -1.04. The molecule has 0 aromatic rings. The minimum absolute atomic E-state index is 0.0921. The molecule has 0 fully saturated rings. The molecule has 0 bridgehead atoms. The highest BCUT2D eigenvalue weighted by Crippen LogP contribution is 2.10. The molecule has 0 aliphatic heterocycles. The van der Waals surface area contributed by atoms with Gasteiger partial charge < -0.3 is 0 Å². The molecule has 0 spiro atoms. The third kappa shape index (κ3) is 3.91. The van der Waals surface area contributed by atoms with E-state index in [1.165, 1.54) is 6.92 Å². The predicted molar refractivity (Wildman–Crippen MR) is 44.4 cm³/mol. The van der Waals surface area contributed by atoms with E-state index >= 15 is 0 Å². The molecular weight excluding hydrogens is 140 g/mol. The fourth-order valence-corrected chi connectivity index (χ4v) is 0.995. The van der Waals surface area contributed by atoms with Crippen LogP contribution in [-0.2, 0) is 9.59 Å². The summed E-state index contributed by atoms with van der Waals surface area (Å²) in [7, 11) is 0. The second-order valence-electron chi connectivity index (χ2n) is 2.61. The molecule has 0 heterocycles. The molecule has 0 radical (unpaired) electrons. The van der Waals surface area contributed by atoms with Crippen LogP contribution in [0.25, 0.3) is 0 Å². The van der Waals surface area contributed by atoms with E-state index < -0.39 is 5.89 Å². The van der Waals surface area contributed by atoms with Crippen molar-refractivity contribution in [1.82, 2.24) is 0 Å². The lowest BCUT2D eigenvalue weighted by Crippen LogP contribution is -2.15. The first-order chi connectivity index (χ1) is 5.46. The summed E-state index contributed by atoms with van der Waals surface area (Å²) in [6.07, 6.45) is 0.871. The molecule has 2 nitrogen and oxygen atoms in total. The molecule has 0 saturated carbocycles. The van der Waals surface area contributed by atoms with Crippen LogP contribution in [0.15, 0.2) is 0 Å². The predicted octanol–water partition coefficient (Wildman–Crippen LogP) is 1.97. The van der Waals surface area contributed by atoms with Crippen molar-refractivity contribution in [2.45, 2.75) is 40.0 Å². The Morgan fingerprint density at radius 1 is 1.36 bits per heavy atom. The molecular formula is C9H16O2. The molecule has 2 heteroatoms. The second kappa shape index (κ2) is 5.05. The standard InChI is InChI=1S/C9H16O2/c1-4-8(5-2)9(11)6-7(3)10/h8H,4-6H2,1-3H3/i8D. The van der Waals surface area contributed by atoms with Crippen molar-refractivity contribution < 1.29 is 11.0 Å². The average Bonchev–Trinajstić information content (AvgIpc) is 2.02. The zero-order valence-corrected chi connectivity index (χ0v) is 7.44. The first-order valence-electron chi connectivity index (χ1n) is 4.49. The van der Waals surface area contributed by atoms with Crippen molar-refractivity contribution in [3.05, 3.63) is 0 Å². The third-order valence-corrected chi connectivity index (χ3v) is 1.66. The highest BCUT2D eigenvalue weighted by atomic mass is 16.1. The van der Waals surface area contributed by atoms with Gasteiger partial charge in [-0.05, 0) is 19.8 Å². The van der Waals surface area contributed by atoms with E-state index in [-0.39, 0.29) is 18.0 Å². The number of carbonyl (C=O) groups excluding carboxylic acids is 2. The van der Waals surface area contributed by atoms with Crippen molar-refractivity contribution in [3.63, 3.8) is 0 Å². The molecule has 64 valence electrons. The maximum atomic E-state index is 11.3. The van der Waals surface area contributed by atoms with Crippen molar-refractivity contribution >= 4 is 11.6 Å². The van der Waals surface area contributed by atoms with Crippen LogP contribution in [0.2, 0.25) is 0 Å². The summed E-state index contributed by atoms with van der Waals surface area (Å²) in [5.74, 6) is -1.44. The van der Waals surface area contributed by atoms with Crippen LogP contribution >= 0.6 is 0 Å². The molecule has 0 aliphatic carbocycles. The Labute approximate surface area is 69.4 Å². The van der Waals surface area contributed by atoms with Gasteiger partial charge in [-0.2, -0.15) is 0 Å². The average molecular weight is 157 g/mol. The Kier molecular flexibility index (Phi) is 3.87. The van der Waals surface area contributed by atoms with Gasteiger partial charge in [0.2, 0.25) is 0 Å². The van der Waals surface area contributed by atoms with Crippen LogP contribution in [0, 0.1) is 5.89 Å². The lowest BCUT2D eigenvalue weighted by atomic mass is 9.95. The van der Waals surface area contributed by atoms with E-state index in [2.05, 4.69) is 0 Å². The van der Waals surface area contributed by atoms with E-state index in [1.54, 1.807) is 13.8 Å². The summed E-state index contributed by atoms with van der Waals surface area (Å²) in [5.41, 5.74) is 0. The number of carbonyl (C=O) groups is 2. The van der Waals surface area contributed by atoms with Gasteiger partial charge in [-0.1, -0.05) is 13.8 Å². The van der Waals surface area contributed by atoms with Gasteiger partial charge >= 0.3 is 0 Å². The van der Waals surface area contributed by atoms with Gasteiger partial charge in [-0.25, -0.2) is 0 Å². The van der Waals surface area contributed by atoms with Gasteiger partial charge in [0, 0.05) is 7.26 Å². The summed E-state index contributed by atoms with van der Waals surface area (Å²) >= 11 is 0. The van der Waals surface area contributed by atoms with E-state index in [0.29, 0.717) is 12.8 Å². The number of hydrogen-bond donors (Lipinski definition) is 0. The smallest absolute Gasteiger partial charge is 0.143 e. The molecule has 0 rings (SSSR count). The Morgan fingerprint density at radius 3 is 2.09 bits per heavy atom. The molecule has 0 saturated heterocycles. The highest BCUT2D eigenvalue weighted by molar-refractivity contribution is 5.98. The quantitative estimate of drug-likeness (QED) is 0.572. The van der Waals surface area contributed by atoms with E-state index in [1.807, 2.05) is 0 Å². The highest BCUT2D eigenvalue weighted by Gasteiger charge is 2.14. The Hall–Kier alpha value is -0.660. The van der Waals surface area contributed by atoms with Crippen LogP contribution in [0.1, 0.15) is 41.4 Å². The molecule has 0 N–H and O–H groups in total. The van der Waals surface area contributed by atoms with E-state index in [9.17, 15) is 9.59 Å². The maximum absolute atomic E-state index is 11.3. The zero-order valence-electron chi connectivity index (χ0n) is 8.44. The third-order valence-electron chi connectivity index (χ3n) is 1.66. The normalized spacial score (nSPS) is 12.5. The van der Waals surface area contributed by atoms with Crippen molar-refractivity contribution in [2.75, 3.05) is 0 Å². The van der Waals surface area contributed by atoms with Gasteiger partial charge in [0.05, 0.1) is 6.42 Å². The van der Waals surface area contributed by atoms with Gasteiger partial charge in [0.25, 0.3) is 0 Å². The first kappa shape index (κ1) is 8.44.